The second-order valence-electron chi connectivity index (χ2n) is 9.92. The van der Waals surface area contributed by atoms with E-state index in [2.05, 4.69) is 20.8 Å². The van der Waals surface area contributed by atoms with E-state index in [-0.39, 0.29) is 23.0 Å². The monoisotopic (exact) mass is 440 g/mol. The third kappa shape index (κ3) is 8.52. The van der Waals surface area contributed by atoms with Gasteiger partial charge in [-0.2, -0.15) is 0 Å². The van der Waals surface area contributed by atoms with Crippen LogP contribution in [0.4, 0.5) is 0 Å². The molecule has 29 heavy (non-hydrogen) atoms. The van der Waals surface area contributed by atoms with Crippen molar-refractivity contribution in [3.8, 4) is 0 Å². The third-order valence-electron chi connectivity index (χ3n) is 4.93. The summed E-state index contributed by atoms with van der Waals surface area (Å²) in [6.45, 7) is 17.5. The van der Waals surface area contributed by atoms with Gasteiger partial charge in [0.15, 0.2) is 14.1 Å². The summed E-state index contributed by atoms with van der Waals surface area (Å²) in [5.74, 6) is -0.950. The minimum absolute atomic E-state index is 0.0250. The Morgan fingerprint density at radius 1 is 1.03 bits per heavy atom. The predicted octanol–water partition coefficient (Wildman–Crippen LogP) is 4.79. The standard InChI is InChI=1S/C22H36O5SSi/c1-16-10-12-17(13-11-16)28(25)15-19(27-29(8,9)22(5,6)7)18(23)14-20(24)26-21(2,3)4/h10-13,19H,14-15H2,1-9H3/t19-,28?/m1/s1. The van der Waals surface area contributed by atoms with Gasteiger partial charge in [0.25, 0.3) is 0 Å². The van der Waals surface area contributed by atoms with Gasteiger partial charge in [-0.3, -0.25) is 13.8 Å². The number of ether oxygens (including phenoxy) is 1. The van der Waals surface area contributed by atoms with Crippen molar-refractivity contribution in [3.63, 3.8) is 0 Å². The van der Waals surface area contributed by atoms with Crippen molar-refractivity contribution in [2.45, 2.75) is 89.6 Å². The normalized spacial score (nSPS) is 14.9. The van der Waals surface area contributed by atoms with Gasteiger partial charge in [0.05, 0.1) is 16.6 Å². The SMILES string of the molecule is Cc1ccc(S(=O)C[C@@H](O[Si](C)(C)C(C)(C)C)C(=O)CC(=O)OC(C)(C)C)cc1. The molecule has 7 heteroatoms. The Morgan fingerprint density at radius 3 is 2.00 bits per heavy atom. The highest BCUT2D eigenvalue weighted by Gasteiger charge is 2.41. The Hall–Kier alpha value is -1.31. The van der Waals surface area contributed by atoms with E-state index >= 15 is 0 Å². The topological polar surface area (TPSA) is 69.7 Å². The van der Waals surface area contributed by atoms with Gasteiger partial charge < -0.3 is 9.16 Å². The van der Waals surface area contributed by atoms with E-state index in [9.17, 15) is 13.8 Å². The van der Waals surface area contributed by atoms with Crippen LogP contribution in [0.5, 0.6) is 0 Å². The van der Waals surface area contributed by atoms with Crippen LogP contribution in [0.3, 0.4) is 0 Å². The number of carbonyl (C=O) groups excluding carboxylic acids is 2. The average molecular weight is 441 g/mol. The van der Waals surface area contributed by atoms with Crippen molar-refractivity contribution in [2.24, 2.45) is 0 Å². The second-order valence-corrected chi connectivity index (χ2v) is 16.2. The fraction of sp³-hybridized carbons (Fsp3) is 0.636. The van der Waals surface area contributed by atoms with Crippen LogP contribution < -0.4 is 0 Å². The minimum atomic E-state index is -2.31. The van der Waals surface area contributed by atoms with Gasteiger partial charge in [-0.05, 0) is 58.0 Å². The average Bonchev–Trinajstić information content (AvgIpc) is 2.51. The zero-order chi connectivity index (χ0) is 22.6. The molecule has 0 aromatic heterocycles. The lowest BCUT2D eigenvalue weighted by atomic mass is 10.1. The Kier molecular flexibility index (Phi) is 8.57. The number of esters is 1. The third-order valence-corrected chi connectivity index (χ3v) is 10.8. The predicted molar refractivity (Wildman–Crippen MR) is 120 cm³/mol. The van der Waals surface area contributed by atoms with Gasteiger partial charge in [-0.25, -0.2) is 0 Å². The molecule has 0 bridgehead atoms. The molecule has 0 spiro atoms. The van der Waals surface area contributed by atoms with E-state index in [1.165, 1.54) is 0 Å². The first-order chi connectivity index (χ1) is 13.0. The highest BCUT2D eigenvalue weighted by atomic mass is 32.2. The molecule has 5 nitrogen and oxygen atoms in total. The van der Waals surface area contributed by atoms with E-state index in [0.29, 0.717) is 4.90 Å². The van der Waals surface area contributed by atoms with Gasteiger partial charge in [0, 0.05) is 4.90 Å². The fourth-order valence-corrected chi connectivity index (χ4v) is 4.84. The molecule has 0 heterocycles. The molecule has 0 saturated heterocycles. The Bertz CT molecular complexity index is 742. The molecule has 2 atom stereocenters. The molecule has 164 valence electrons. The van der Waals surface area contributed by atoms with Gasteiger partial charge >= 0.3 is 5.97 Å². The smallest absolute Gasteiger partial charge is 0.313 e. The van der Waals surface area contributed by atoms with Crippen LogP contribution in [0.1, 0.15) is 53.5 Å². The number of aryl methyl sites for hydroxylation is 1. The number of benzene rings is 1. The number of Topliss-reactive ketones (excluding diaryl/α,β-unsaturated/α-hetero) is 1. The molecule has 0 amide bonds. The lowest BCUT2D eigenvalue weighted by Gasteiger charge is -2.38. The van der Waals surface area contributed by atoms with Crippen molar-refractivity contribution in [3.05, 3.63) is 29.8 Å². The Morgan fingerprint density at radius 2 is 1.55 bits per heavy atom. The van der Waals surface area contributed by atoms with Gasteiger partial charge in [-0.15, -0.1) is 0 Å². The zero-order valence-corrected chi connectivity index (χ0v) is 21.1. The maximum absolute atomic E-state index is 12.9. The molecule has 0 aliphatic carbocycles. The second kappa shape index (κ2) is 9.66. The molecule has 0 radical (unpaired) electrons. The first-order valence-electron chi connectivity index (χ1n) is 9.89. The number of rotatable bonds is 8. The summed E-state index contributed by atoms with van der Waals surface area (Å²) >= 11 is 0. The summed E-state index contributed by atoms with van der Waals surface area (Å²) in [5, 5.41) is -0.122. The van der Waals surface area contributed by atoms with Crippen LogP contribution in [-0.2, 0) is 29.6 Å². The minimum Gasteiger partial charge on any atom is -0.460 e. The summed E-state index contributed by atoms with van der Waals surface area (Å²) in [6, 6.07) is 7.37. The summed E-state index contributed by atoms with van der Waals surface area (Å²) in [6.07, 6.45) is -1.30. The molecule has 0 N–H and O–H groups in total. The number of hydrogen-bond acceptors (Lipinski definition) is 5. The maximum Gasteiger partial charge on any atom is 0.313 e. The summed E-state index contributed by atoms with van der Waals surface area (Å²) in [5.41, 5.74) is 0.401. The molecule has 1 rings (SSSR count). The highest BCUT2D eigenvalue weighted by molar-refractivity contribution is 7.85. The van der Waals surface area contributed by atoms with Crippen LogP contribution >= 0.6 is 0 Å². The molecule has 0 fully saturated rings. The first kappa shape index (κ1) is 25.7. The molecule has 1 aromatic carbocycles. The maximum atomic E-state index is 12.9. The van der Waals surface area contributed by atoms with Gasteiger partial charge in [0.2, 0.25) is 0 Å². The van der Waals surface area contributed by atoms with Crippen LogP contribution in [0, 0.1) is 6.92 Å². The molecule has 1 aromatic rings. The summed E-state index contributed by atoms with van der Waals surface area (Å²) in [7, 11) is -3.73. The number of hydrogen-bond donors (Lipinski definition) is 0. The van der Waals surface area contributed by atoms with Crippen molar-refractivity contribution < 1.29 is 23.0 Å². The lowest BCUT2D eigenvalue weighted by molar-refractivity contribution is -0.157. The molecular weight excluding hydrogens is 404 g/mol. The van der Waals surface area contributed by atoms with E-state index in [0.717, 1.165) is 5.56 Å². The quantitative estimate of drug-likeness (QED) is 0.330. The fourth-order valence-electron chi connectivity index (χ4n) is 2.28. The summed E-state index contributed by atoms with van der Waals surface area (Å²) in [4.78, 5) is 25.7. The number of carbonyl (C=O) groups is 2. The molecule has 0 saturated carbocycles. The van der Waals surface area contributed by atoms with Crippen molar-refractivity contribution in [2.75, 3.05) is 5.75 Å². The van der Waals surface area contributed by atoms with Crippen molar-refractivity contribution in [1.82, 2.24) is 0 Å². The highest BCUT2D eigenvalue weighted by Crippen LogP contribution is 2.37. The lowest BCUT2D eigenvalue weighted by Crippen LogP contribution is -2.48. The van der Waals surface area contributed by atoms with E-state index in [1.807, 2.05) is 32.2 Å². The Balaban J connectivity index is 3.04. The van der Waals surface area contributed by atoms with Gasteiger partial charge in [-0.1, -0.05) is 38.5 Å². The van der Waals surface area contributed by atoms with Crippen molar-refractivity contribution in [1.29, 1.82) is 0 Å². The van der Waals surface area contributed by atoms with Crippen LogP contribution in [0.15, 0.2) is 29.2 Å². The molecule has 0 aliphatic heterocycles. The molecule has 1 unspecified atom stereocenters. The Labute approximate surface area is 179 Å². The van der Waals surface area contributed by atoms with E-state index < -0.39 is 36.8 Å². The zero-order valence-electron chi connectivity index (χ0n) is 19.3. The largest absolute Gasteiger partial charge is 0.460 e. The first-order valence-corrected chi connectivity index (χ1v) is 14.1. The molecular formula is C22H36O5SSi. The van der Waals surface area contributed by atoms with Crippen LogP contribution in [0.2, 0.25) is 18.1 Å². The van der Waals surface area contributed by atoms with Crippen LogP contribution in [0.25, 0.3) is 0 Å². The van der Waals surface area contributed by atoms with Crippen LogP contribution in [-0.4, -0.2) is 41.7 Å². The molecule has 0 aliphatic rings. The van der Waals surface area contributed by atoms with Gasteiger partial charge in [0.1, 0.15) is 18.1 Å². The van der Waals surface area contributed by atoms with Crippen molar-refractivity contribution >= 4 is 30.9 Å². The number of ketones is 1. The van der Waals surface area contributed by atoms with E-state index in [4.69, 9.17) is 9.16 Å². The summed E-state index contributed by atoms with van der Waals surface area (Å²) < 4.78 is 24.5. The van der Waals surface area contributed by atoms with E-state index in [1.54, 1.807) is 32.9 Å².